The van der Waals surface area contributed by atoms with E-state index < -0.39 is 5.97 Å². The second-order valence-corrected chi connectivity index (χ2v) is 4.92. The van der Waals surface area contributed by atoms with Gasteiger partial charge in [0.25, 0.3) is 0 Å². The molecule has 18 heavy (non-hydrogen) atoms. The van der Waals surface area contributed by atoms with Crippen molar-refractivity contribution in [2.45, 2.75) is 52.4 Å². The molecule has 0 aromatic carbocycles. The number of unbranched alkanes of at least 4 members (excludes halogenated alkanes) is 2. The van der Waals surface area contributed by atoms with Crippen LogP contribution in [0.4, 0.5) is 4.79 Å². The average Bonchev–Trinajstić information content (AvgIpc) is 2.27. The molecule has 0 aliphatic carbocycles. The Balaban J connectivity index is 3.25. The molecule has 0 rings (SSSR count). The van der Waals surface area contributed by atoms with Crippen molar-refractivity contribution >= 4 is 12.0 Å². The van der Waals surface area contributed by atoms with E-state index in [2.05, 4.69) is 24.5 Å². The first kappa shape index (κ1) is 16.7. The topological polar surface area (TPSA) is 78.4 Å². The van der Waals surface area contributed by atoms with E-state index in [1.165, 1.54) is 6.42 Å². The van der Waals surface area contributed by atoms with Crippen molar-refractivity contribution in [2.24, 2.45) is 5.92 Å². The third-order valence-electron chi connectivity index (χ3n) is 2.60. The Labute approximate surface area is 109 Å². The number of carbonyl (C=O) groups excluding carboxylic acids is 1. The fourth-order valence-corrected chi connectivity index (χ4v) is 1.55. The molecule has 0 fully saturated rings. The van der Waals surface area contributed by atoms with E-state index in [4.69, 9.17) is 5.11 Å². The highest BCUT2D eigenvalue weighted by Crippen LogP contribution is 2.04. The minimum Gasteiger partial charge on any atom is -0.481 e. The largest absolute Gasteiger partial charge is 0.481 e. The Kier molecular flexibility index (Phi) is 10.1. The molecule has 0 spiro atoms. The summed E-state index contributed by atoms with van der Waals surface area (Å²) in [5.74, 6) is -0.0716. The molecule has 106 valence electrons. The van der Waals surface area contributed by atoms with Gasteiger partial charge in [-0.05, 0) is 25.2 Å². The van der Waals surface area contributed by atoms with Crippen LogP contribution in [0, 0.1) is 5.92 Å². The van der Waals surface area contributed by atoms with Gasteiger partial charge in [-0.15, -0.1) is 0 Å². The van der Waals surface area contributed by atoms with Crippen LogP contribution in [0.25, 0.3) is 0 Å². The Morgan fingerprint density at radius 1 is 1.00 bits per heavy atom. The van der Waals surface area contributed by atoms with Crippen LogP contribution in [-0.2, 0) is 4.79 Å². The van der Waals surface area contributed by atoms with Gasteiger partial charge in [0, 0.05) is 19.5 Å². The minimum absolute atomic E-state index is 0.158. The second-order valence-electron chi connectivity index (χ2n) is 4.92. The highest BCUT2D eigenvalue weighted by atomic mass is 16.4. The van der Waals surface area contributed by atoms with Crippen LogP contribution < -0.4 is 10.6 Å². The third kappa shape index (κ3) is 12.8. The van der Waals surface area contributed by atoms with Crippen molar-refractivity contribution in [3.8, 4) is 0 Å². The maximum absolute atomic E-state index is 11.3. The lowest BCUT2D eigenvalue weighted by Gasteiger charge is -2.08. The zero-order valence-corrected chi connectivity index (χ0v) is 11.5. The molecule has 0 saturated heterocycles. The van der Waals surface area contributed by atoms with E-state index in [0.29, 0.717) is 31.8 Å². The molecule has 0 aromatic rings. The number of carboxylic acids is 1. The van der Waals surface area contributed by atoms with Gasteiger partial charge < -0.3 is 15.7 Å². The van der Waals surface area contributed by atoms with Crippen molar-refractivity contribution in [3.63, 3.8) is 0 Å². The zero-order chi connectivity index (χ0) is 13.8. The van der Waals surface area contributed by atoms with E-state index in [1.54, 1.807) is 0 Å². The van der Waals surface area contributed by atoms with E-state index in [9.17, 15) is 9.59 Å². The molecular weight excluding hydrogens is 232 g/mol. The molecule has 2 amide bonds. The summed E-state index contributed by atoms with van der Waals surface area (Å²) in [5.41, 5.74) is 0. The lowest BCUT2D eigenvalue weighted by molar-refractivity contribution is -0.137. The second kappa shape index (κ2) is 10.9. The number of aliphatic carboxylic acids is 1. The van der Waals surface area contributed by atoms with Crippen LogP contribution in [0.2, 0.25) is 0 Å². The highest BCUT2D eigenvalue weighted by Gasteiger charge is 2.00. The van der Waals surface area contributed by atoms with E-state index in [1.807, 2.05) is 0 Å². The van der Waals surface area contributed by atoms with Crippen molar-refractivity contribution in [3.05, 3.63) is 0 Å². The first-order valence-corrected chi connectivity index (χ1v) is 6.76. The molecule has 0 saturated carbocycles. The molecule has 5 nitrogen and oxygen atoms in total. The lowest BCUT2D eigenvalue weighted by atomic mass is 10.1. The number of rotatable bonds is 10. The molecule has 3 N–H and O–H groups in total. The lowest BCUT2D eigenvalue weighted by Crippen LogP contribution is -2.36. The van der Waals surface area contributed by atoms with E-state index in [0.717, 1.165) is 12.8 Å². The first-order chi connectivity index (χ1) is 8.52. The Morgan fingerprint density at radius 2 is 1.56 bits per heavy atom. The van der Waals surface area contributed by atoms with Crippen LogP contribution in [-0.4, -0.2) is 30.2 Å². The predicted molar refractivity (Wildman–Crippen MR) is 71.6 cm³/mol. The molecule has 0 unspecified atom stereocenters. The number of hydrogen-bond donors (Lipinski definition) is 3. The van der Waals surface area contributed by atoms with Crippen molar-refractivity contribution in [1.82, 2.24) is 10.6 Å². The van der Waals surface area contributed by atoms with Gasteiger partial charge in [0.15, 0.2) is 0 Å². The zero-order valence-electron chi connectivity index (χ0n) is 11.5. The fraction of sp³-hybridized carbons (Fsp3) is 0.846. The minimum atomic E-state index is -0.787. The van der Waals surface area contributed by atoms with Gasteiger partial charge in [-0.25, -0.2) is 4.79 Å². The summed E-state index contributed by atoms with van der Waals surface area (Å²) in [7, 11) is 0. The maximum atomic E-state index is 11.3. The average molecular weight is 258 g/mol. The van der Waals surface area contributed by atoms with Gasteiger partial charge in [0.2, 0.25) is 0 Å². The molecular formula is C13H26N2O3. The summed E-state index contributed by atoms with van der Waals surface area (Å²) in [5, 5.41) is 13.9. The van der Waals surface area contributed by atoms with Crippen LogP contribution in [0.5, 0.6) is 0 Å². The summed E-state index contributed by atoms with van der Waals surface area (Å²) in [4.78, 5) is 21.5. The fourth-order valence-electron chi connectivity index (χ4n) is 1.55. The van der Waals surface area contributed by atoms with E-state index in [-0.39, 0.29) is 12.5 Å². The number of nitrogens with one attached hydrogen (secondary N) is 2. The SMILES string of the molecule is CC(C)CCCCNC(=O)NCCCCC(=O)O. The Morgan fingerprint density at radius 3 is 2.06 bits per heavy atom. The summed E-state index contributed by atoms with van der Waals surface area (Å²) >= 11 is 0. The molecule has 0 radical (unpaired) electrons. The molecule has 0 aliphatic rings. The molecule has 0 heterocycles. The third-order valence-corrected chi connectivity index (χ3v) is 2.60. The standard InChI is InChI=1S/C13H26N2O3/c1-11(2)7-3-5-9-14-13(18)15-10-6-4-8-12(16)17/h11H,3-10H2,1-2H3,(H,16,17)(H2,14,15,18). The summed E-state index contributed by atoms with van der Waals surface area (Å²) < 4.78 is 0. The van der Waals surface area contributed by atoms with Crippen molar-refractivity contribution in [1.29, 1.82) is 0 Å². The monoisotopic (exact) mass is 258 g/mol. The van der Waals surface area contributed by atoms with Gasteiger partial charge >= 0.3 is 12.0 Å². The Bertz CT molecular complexity index is 242. The van der Waals surface area contributed by atoms with Gasteiger partial charge in [-0.3, -0.25) is 4.79 Å². The van der Waals surface area contributed by atoms with Crippen molar-refractivity contribution in [2.75, 3.05) is 13.1 Å². The summed E-state index contributed by atoms with van der Waals surface area (Å²) in [6, 6.07) is -0.158. The maximum Gasteiger partial charge on any atom is 0.314 e. The quantitative estimate of drug-likeness (QED) is 0.526. The van der Waals surface area contributed by atoms with Gasteiger partial charge in [-0.1, -0.05) is 26.7 Å². The number of amides is 2. The van der Waals surface area contributed by atoms with Crippen molar-refractivity contribution < 1.29 is 14.7 Å². The highest BCUT2D eigenvalue weighted by molar-refractivity contribution is 5.73. The normalized spacial score (nSPS) is 10.4. The van der Waals surface area contributed by atoms with Gasteiger partial charge in [-0.2, -0.15) is 0 Å². The van der Waals surface area contributed by atoms with Crippen LogP contribution in [0.15, 0.2) is 0 Å². The molecule has 5 heteroatoms. The molecule has 0 atom stereocenters. The first-order valence-electron chi connectivity index (χ1n) is 6.76. The summed E-state index contributed by atoms with van der Waals surface area (Å²) in [6.07, 6.45) is 4.80. The smallest absolute Gasteiger partial charge is 0.314 e. The number of hydrogen-bond acceptors (Lipinski definition) is 2. The Hall–Kier alpha value is -1.26. The van der Waals surface area contributed by atoms with Crippen LogP contribution in [0.1, 0.15) is 52.4 Å². The number of urea groups is 1. The van der Waals surface area contributed by atoms with Gasteiger partial charge in [0.05, 0.1) is 0 Å². The van der Waals surface area contributed by atoms with Crippen LogP contribution >= 0.6 is 0 Å². The van der Waals surface area contributed by atoms with E-state index >= 15 is 0 Å². The van der Waals surface area contributed by atoms with Gasteiger partial charge in [0.1, 0.15) is 0 Å². The predicted octanol–water partition coefficient (Wildman–Crippen LogP) is 2.37. The molecule has 0 bridgehead atoms. The number of carboxylic acid groups (broad SMARTS) is 1. The molecule has 0 aliphatic heterocycles. The summed E-state index contributed by atoms with van der Waals surface area (Å²) in [6.45, 7) is 5.62. The number of carbonyl (C=O) groups is 2. The molecule has 0 aromatic heterocycles. The van der Waals surface area contributed by atoms with Crippen LogP contribution in [0.3, 0.4) is 0 Å².